The van der Waals surface area contributed by atoms with Crippen molar-refractivity contribution in [2.45, 2.75) is 31.6 Å². The average molecular weight is 350 g/mol. The van der Waals surface area contributed by atoms with Gasteiger partial charge >= 0.3 is 0 Å². The molecule has 1 aliphatic rings. The average Bonchev–Trinajstić information content (AvgIpc) is 3.08. The molecule has 3 aromatic rings. The number of benzene rings is 2. The van der Waals surface area contributed by atoms with Crippen LogP contribution in [0.25, 0.3) is 0 Å². The smallest absolute Gasteiger partial charge is 0.239 e. The molecule has 0 radical (unpaired) electrons. The molecule has 1 aliphatic heterocycles. The van der Waals surface area contributed by atoms with Crippen molar-refractivity contribution in [3.8, 4) is 5.75 Å². The van der Waals surface area contributed by atoms with Crippen molar-refractivity contribution in [3.05, 3.63) is 71.5 Å². The van der Waals surface area contributed by atoms with Gasteiger partial charge in [0.05, 0.1) is 6.04 Å². The number of rotatable bonds is 5. The molecule has 0 spiro atoms. The molecule has 0 amide bonds. The van der Waals surface area contributed by atoms with Crippen LogP contribution in [-0.4, -0.2) is 21.9 Å². The summed E-state index contributed by atoms with van der Waals surface area (Å²) in [4.78, 5) is 4.34. The number of nitrogens with two attached hydrogens (primary N) is 1. The number of nitrogen functional groups attached to an aromatic ring is 1. The van der Waals surface area contributed by atoms with Crippen LogP contribution in [-0.2, 0) is 11.3 Å². The molecule has 2 atom stereocenters. The molecule has 0 fully saturated rings. The molecule has 2 unspecified atom stereocenters. The Morgan fingerprint density at radius 3 is 2.58 bits per heavy atom. The van der Waals surface area contributed by atoms with Gasteiger partial charge in [0.25, 0.3) is 0 Å². The summed E-state index contributed by atoms with van der Waals surface area (Å²) >= 11 is 0. The van der Waals surface area contributed by atoms with Gasteiger partial charge in [0.15, 0.2) is 5.82 Å². The van der Waals surface area contributed by atoms with E-state index in [0.29, 0.717) is 6.61 Å². The Kier molecular flexibility index (Phi) is 4.58. The van der Waals surface area contributed by atoms with Crippen molar-refractivity contribution in [1.82, 2.24) is 14.8 Å². The number of anilines is 1. The van der Waals surface area contributed by atoms with E-state index in [2.05, 4.69) is 34.3 Å². The van der Waals surface area contributed by atoms with Crippen LogP contribution in [0.2, 0.25) is 0 Å². The monoisotopic (exact) mass is 350 g/mol. The maximum absolute atomic E-state index is 5.87. The van der Waals surface area contributed by atoms with Crippen molar-refractivity contribution in [3.63, 3.8) is 0 Å². The number of fused-ring (bicyclic) bond motifs is 1. The van der Waals surface area contributed by atoms with Gasteiger partial charge in [-0.3, -0.25) is 0 Å². The third-order valence-corrected chi connectivity index (χ3v) is 4.76. The molecule has 6 nitrogen and oxygen atoms in total. The second-order valence-electron chi connectivity index (χ2n) is 6.43. The molecule has 6 heteroatoms. The van der Waals surface area contributed by atoms with Gasteiger partial charge in [-0.15, -0.1) is 5.10 Å². The number of hydrogen-bond acceptors (Lipinski definition) is 5. The lowest BCUT2D eigenvalue weighted by Crippen LogP contribution is -2.24. The predicted octanol–water partition coefficient (Wildman–Crippen LogP) is 3.51. The Labute approximate surface area is 152 Å². The van der Waals surface area contributed by atoms with Crippen LogP contribution in [0, 0.1) is 0 Å². The number of aromatic nitrogens is 3. The molecular formula is C20H22N4O2. The van der Waals surface area contributed by atoms with E-state index in [1.54, 1.807) is 7.11 Å². The highest BCUT2D eigenvalue weighted by molar-refractivity contribution is 5.31. The quantitative estimate of drug-likeness (QED) is 0.762. The fourth-order valence-corrected chi connectivity index (χ4v) is 3.42. The van der Waals surface area contributed by atoms with Gasteiger partial charge < -0.3 is 15.2 Å². The SMILES string of the molecule is COC1CCC(c2ccc(OCc3ccccc3)cc2)n2nc(N)nc21. The lowest BCUT2D eigenvalue weighted by molar-refractivity contribution is 0.0648. The van der Waals surface area contributed by atoms with E-state index in [-0.39, 0.29) is 18.1 Å². The third-order valence-electron chi connectivity index (χ3n) is 4.76. The number of methoxy groups -OCH3 is 1. The van der Waals surface area contributed by atoms with Crippen molar-refractivity contribution < 1.29 is 9.47 Å². The number of ether oxygens (including phenoxy) is 2. The summed E-state index contributed by atoms with van der Waals surface area (Å²) in [5.74, 6) is 1.93. The van der Waals surface area contributed by atoms with Crippen LogP contribution in [0.1, 0.15) is 41.9 Å². The fraction of sp³-hybridized carbons (Fsp3) is 0.300. The largest absolute Gasteiger partial charge is 0.489 e. The summed E-state index contributed by atoms with van der Waals surface area (Å²) in [6.07, 6.45) is 1.77. The van der Waals surface area contributed by atoms with Crippen molar-refractivity contribution in [2.24, 2.45) is 0 Å². The van der Waals surface area contributed by atoms with Crippen molar-refractivity contribution >= 4 is 5.95 Å². The minimum atomic E-state index is -0.0514. The van der Waals surface area contributed by atoms with Crippen LogP contribution in [0.15, 0.2) is 54.6 Å². The maximum atomic E-state index is 5.87. The Balaban J connectivity index is 1.50. The molecule has 26 heavy (non-hydrogen) atoms. The zero-order valence-corrected chi connectivity index (χ0v) is 14.7. The highest BCUT2D eigenvalue weighted by Gasteiger charge is 2.31. The second kappa shape index (κ2) is 7.17. The van der Waals surface area contributed by atoms with E-state index in [1.165, 1.54) is 0 Å². The molecule has 2 heterocycles. The molecule has 2 N–H and O–H groups in total. The van der Waals surface area contributed by atoms with Gasteiger partial charge in [-0.25, -0.2) is 4.68 Å². The lowest BCUT2D eigenvalue weighted by atomic mass is 9.96. The first-order valence-electron chi connectivity index (χ1n) is 8.76. The summed E-state index contributed by atoms with van der Waals surface area (Å²) in [6, 6.07) is 18.4. The van der Waals surface area contributed by atoms with Crippen molar-refractivity contribution in [2.75, 3.05) is 12.8 Å². The van der Waals surface area contributed by atoms with E-state index in [1.807, 2.05) is 35.0 Å². The van der Waals surface area contributed by atoms with Crippen LogP contribution < -0.4 is 10.5 Å². The Morgan fingerprint density at radius 1 is 1.08 bits per heavy atom. The minimum Gasteiger partial charge on any atom is -0.489 e. The zero-order chi connectivity index (χ0) is 17.9. The standard InChI is InChI=1S/C20H22N4O2/c1-25-18-12-11-17(24-19(18)22-20(21)23-24)15-7-9-16(10-8-15)26-13-14-5-3-2-4-6-14/h2-10,17-18H,11-13H2,1H3,(H2,21,23). The van der Waals surface area contributed by atoms with Crippen LogP contribution in [0.5, 0.6) is 5.75 Å². The van der Waals surface area contributed by atoms with E-state index in [4.69, 9.17) is 15.2 Å². The Morgan fingerprint density at radius 2 is 1.85 bits per heavy atom. The number of hydrogen-bond donors (Lipinski definition) is 1. The van der Waals surface area contributed by atoms with Gasteiger partial charge in [-0.1, -0.05) is 42.5 Å². The molecule has 0 saturated heterocycles. The van der Waals surface area contributed by atoms with Crippen LogP contribution in [0.4, 0.5) is 5.95 Å². The predicted molar refractivity (Wildman–Crippen MR) is 98.8 cm³/mol. The normalized spacial score (nSPS) is 19.1. The van der Waals surface area contributed by atoms with E-state index in [0.717, 1.165) is 35.5 Å². The Hall–Kier alpha value is -2.86. The van der Waals surface area contributed by atoms with Gasteiger partial charge in [0.2, 0.25) is 5.95 Å². The highest BCUT2D eigenvalue weighted by Crippen LogP contribution is 2.36. The first-order chi connectivity index (χ1) is 12.7. The number of nitrogens with zero attached hydrogens (tertiary/aromatic N) is 3. The third kappa shape index (κ3) is 3.28. The van der Waals surface area contributed by atoms with Crippen LogP contribution >= 0.6 is 0 Å². The first kappa shape index (κ1) is 16.6. The Bertz CT molecular complexity index is 861. The lowest BCUT2D eigenvalue weighted by Gasteiger charge is -2.28. The summed E-state index contributed by atoms with van der Waals surface area (Å²) in [6.45, 7) is 0.558. The molecule has 4 rings (SSSR count). The highest BCUT2D eigenvalue weighted by atomic mass is 16.5. The zero-order valence-electron chi connectivity index (χ0n) is 14.7. The topological polar surface area (TPSA) is 75.2 Å². The van der Waals surface area contributed by atoms with Gasteiger partial charge in [-0.2, -0.15) is 4.98 Å². The minimum absolute atomic E-state index is 0.0514. The molecule has 134 valence electrons. The molecule has 0 bridgehead atoms. The fourth-order valence-electron chi connectivity index (χ4n) is 3.42. The first-order valence-corrected chi connectivity index (χ1v) is 8.76. The van der Waals surface area contributed by atoms with E-state index < -0.39 is 0 Å². The molecule has 0 aliphatic carbocycles. The van der Waals surface area contributed by atoms with Crippen LogP contribution in [0.3, 0.4) is 0 Å². The summed E-state index contributed by atoms with van der Waals surface area (Å²) in [5, 5.41) is 4.38. The van der Waals surface area contributed by atoms with E-state index in [9.17, 15) is 0 Å². The molecular weight excluding hydrogens is 328 g/mol. The molecule has 1 aromatic heterocycles. The van der Waals surface area contributed by atoms with Gasteiger partial charge in [-0.05, 0) is 36.1 Å². The van der Waals surface area contributed by atoms with Gasteiger partial charge in [0.1, 0.15) is 18.5 Å². The summed E-state index contributed by atoms with van der Waals surface area (Å²) < 4.78 is 13.3. The van der Waals surface area contributed by atoms with Crippen molar-refractivity contribution in [1.29, 1.82) is 0 Å². The van der Waals surface area contributed by atoms with Gasteiger partial charge in [0, 0.05) is 7.11 Å². The summed E-state index contributed by atoms with van der Waals surface area (Å²) in [7, 11) is 1.69. The van der Waals surface area contributed by atoms with E-state index >= 15 is 0 Å². The summed E-state index contributed by atoms with van der Waals surface area (Å²) in [5.41, 5.74) is 8.13. The molecule has 2 aromatic carbocycles. The maximum Gasteiger partial charge on any atom is 0.239 e. The second-order valence-corrected chi connectivity index (χ2v) is 6.43. The molecule has 0 saturated carbocycles.